The van der Waals surface area contributed by atoms with Crippen LogP contribution in [0.5, 0.6) is 0 Å². The first-order valence-corrected chi connectivity index (χ1v) is 7.05. The van der Waals surface area contributed by atoms with Crippen LogP contribution in [0.3, 0.4) is 0 Å². The number of rotatable bonds is 3. The van der Waals surface area contributed by atoms with Crippen molar-refractivity contribution < 1.29 is 0 Å². The Kier molecular flexibility index (Phi) is 3.23. The van der Waals surface area contributed by atoms with Gasteiger partial charge in [0.2, 0.25) is 0 Å². The van der Waals surface area contributed by atoms with E-state index in [2.05, 4.69) is 25.8 Å². The molecule has 1 N–H and O–H groups in total. The average molecular weight is 268 g/mol. The molecule has 0 radical (unpaired) electrons. The maximum absolute atomic E-state index is 12.5. The summed E-state index contributed by atoms with van der Waals surface area (Å²) in [5.41, 5.74) is -0.183. The Morgan fingerprint density at radius 3 is 2.71 bits per heavy atom. The van der Waals surface area contributed by atoms with Crippen LogP contribution >= 0.6 is 23.6 Å². The lowest BCUT2D eigenvalue weighted by Crippen LogP contribution is -2.38. The summed E-state index contributed by atoms with van der Waals surface area (Å²) in [5, 5.41) is 2.65. The van der Waals surface area contributed by atoms with Crippen LogP contribution in [0.2, 0.25) is 0 Å². The maximum Gasteiger partial charge on any atom is 0.263 e. The molecule has 0 spiro atoms. The van der Waals surface area contributed by atoms with Gasteiger partial charge >= 0.3 is 0 Å². The molecule has 0 aliphatic rings. The van der Waals surface area contributed by atoms with E-state index in [9.17, 15) is 4.79 Å². The molecular formula is C12H16N2OS2. The summed E-state index contributed by atoms with van der Waals surface area (Å²) < 4.78 is 2.26. The molecule has 0 bridgehead atoms. The Bertz CT molecular complexity index is 646. The molecule has 2 heterocycles. The number of fused-ring (bicyclic) bond motifs is 1. The van der Waals surface area contributed by atoms with Gasteiger partial charge in [-0.1, -0.05) is 13.8 Å². The van der Waals surface area contributed by atoms with Gasteiger partial charge in [-0.2, -0.15) is 0 Å². The second-order valence-electron chi connectivity index (χ2n) is 4.44. The number of aromatic nitrogens is 2. The molecule has 2 aromatic rings. The number of hydrogen-bond donors (Lipinski definition) is 1. The van der Waals surface area contributed by atoms with E-state index in [1.54, 1.807) is 4.57 Å². The van der Waals surface area contributed by atoms with E-state index >= 15 is 0 Å². The molecule has 0 aliphatic carbocycles. The molecule has 0 fully saturated rings. The number of H-pyrrole nitrogens is 1. The summed E-state index contributed by atoms with van der Waals surface area (Å²) in [6.07, 6.45) is 1.77. The Labute approximate surface area is 109 Å². The molecule has 0 saturated carbocycles. The molecule has 0 aromatic carbocycles. The lowest BCUT2D eigenvalue weighted by atomic mass is 9.95. The zero-order chi connectivity index (χ0) is 12.6. The van der Waals surface area contributed by atoms with Gasteiger partial charge in [0.1, 0.15) is 4.83 Å². The third kappa shape index (κ3) is 1.87. The van der Waals surface area contributed by atoms with Gasteiger partial charge in [0.15, 0.2) is 4.77 Å². The fourth-order valence-electron chi connectivity index (χ4n) is 2.00. The van der Waals surface area contributed by atoms with E-state index in [4.69, 9.17) is 12.2 Å². The molecule has 0 unspecified atom stereocenters. The van der Waals surface area contributed by atoms with E-state index in [0.717, 1.165) is 23.1 Å². The van der Waals surface area contributed by atoms with E-state index in [0.29, 0.717) is 4.77 Å². The highest BCUT2D eigenvalue weighted by Gasteiger charge is 2.25. The standard InChI is InChI=1S/C12H16N2OS2/c1-4-12(3,5-2)14-10(15)8-6-7-17-9(8)13-11(14)16/h6-7H,4-5H2,1-3H3,(H,13,16). The molecular weight excluding hydrogens is 252 g/mol. The number of nitrogens with one attached hydrogen (secondary N) is 1. The lowest BCUT2D eigenvalue weighted by molar-refractivity contribution is 0.280. The Balaban J connectivity index is 2.86. The highest BCUT2D eigenvalue weighted by molar-refractivity contribution is 7.71. The molecule has 5 heteroatoms. The van der Waals surface area contributed by atoms with Crippen LogP contribution in [0.25, 0.3) is 10.2 Å². The normalized spacial score (nSPS) is 12.2. The molecule has 2 rings (SSSR count). The van der Waals surface area contributed by atoms with Crippen LogP contribution < -0.4 is 5.56 Å². The first kappa shape index (κ1) is 12.5. The minimum Gasteiger partial charge on any atom is -0.323 e. The summed E-state index contributed by atoms with van der Waals surface area (Å²) in [4.78, 5) is 16.5. The fourth-order valence-corrected chi connectivity index (χ4v) is 3.24. The van der Waals surface area contributed by atoms with Gasteiger partial charge in [-0.05, 0) is 43.4 Å². The molecule has 0 saturated heterocycles. The second kappa shape index (κ2) is 4.38. The topological polar surface area (TPSA) is 37.8 Å². The first-order valence-electron chi connectivity index (χ1n) is 5.76. The summed E-state index contributed by atoms with van der Waals surface area (Å²) >= 11 is 6.84. The minimum atomic E-state index is -0.208. The number of hydrogen-bond acceptors (Lipinski definition) is 3. The van der Waals surface area contributed by atoms with E-state index in [-0.39, 0.29) is 11.1 Å². The van der Waals surface area contributed by atoms with Crippen molar-refractivity contribution >= 4 is 33.8 Å². The third-order valence-electron chi connectivity index (χ3n) is 3.59. The van der Waals surface area contributed by atoms with Crippen molar-refractivity contribution in [1.29, 1.82) is 0 Å². The predicted molar refractivity (Wildman–Crippen MR) is 75.5 cm³/mol. The lowest BCUT2D eigenvalue weighted by Gasteiger charge is -2.29. The SMILES string of the molecule is CCC(C)(CC)n1c(=S)[nH]c2sccc2c1=O. The molecule has 0 atom stereocenters. The van der Waals surface area contributed by atoms with E-state index in [1.165, 1.54) is 11.3 Å². The second-order valence-corrected chi connectivity index (χ2v) is 5.74. The number of thiophene rings is 1. The zero-order valence-corrected chi connectivity index (χ0v) is 11.9. The van der Waals surface area contributed by atoms with Gasteiger partial charge in [0.25, 0.3) is 5.56 Å². The van der Waals surface area contributed by atoms with Crippen molar-refractivity contribution in [3.8, 4) is 0 Å². The molecule has 3 nitrogen and oxygen atoms in total. The highest BCUT2D eigenvalue weighted by atomic mass is 32.1. The van der Waals surface area contributed by atoms with Crippen molar-refractivity contribution in [1.82, 2.24) is 9.55 Å². The summed E-state index contributed by atoms with van der Waals surface area (Å²) in [7, 11) is 0. The van der Waals surface area contributed by atoms with Crippen molar-refractivity contribution in [3.63, 3.8) is 0 Å². The number of nitrogens with zero attached hydrogens (tertiary/aromatic N) is 1. The molecule has 0 aliphatic heterocycles. The van der Waals surface area contributed by atoms with Crippen molar-refractivity contribution in [2.75, 3.05) is 0 Å². The van der Waals surface area contributed by atoms with Crippen molar-refractivity contribution in [2.24, 2.45) is 0 Å². The van der Waals surface area contributed by atoms with Crippen LogP contribution in [-0.4, -0.2) is 9.55 Å². The first-order chi connectivity index (χ1) is 8.03. The largest absolute Gasteiger partial charge is 0.323 e. The van der Waals surface area contributed by atoms with Gasteiger partial charge in [0, 0.05) is 5.54 Å². The average Bonchev–Trinajstić information content (AvgIpc) is 2.76. The smallest absolute Gasteiger partial charge is 0.263 e. The van der Waals surface area contributed by atoms with Gasteiger partial charge in [-0.3, -0.25) is 9.36 Å². The molecule has 92 valence electrons. The summed E-state index contributed by atoms with van der Waals surface area (Å²) in [5.74, 6) is 0. The van der Waals surface area contributed by atoms with Gasteiger partial charge in [-0.25, -0.2) is 0 Å². The Hall–Kier alpha value is -0.940. The van der Waals surface area contributed by atoms with Crippen LogP contribution in [0.1, 0.15) is 33.6 Å². The van der Waals surface area contributed by atoms with Crippen LogP contribution in [-0.2, 0) is 5.54 Å². The number of aromatic amines is 1. The third-order valence-corrected chi connectivity index (χ3v) is 4.70. The monoisotopic (exact) mass is 268 g/mol. The van der Waals surface area contributed by atoms with Gasteiger partial charge < -0.3 is 4.98 Å². The Morgan fingerprint density at radius 1 is 1.47 bits per heavy atom. The highest BCUT2D eigenvalue weighted by Crippen LogP contribution is 2.24. The quantitative estimate of drug-likeness (QED) is 0.863. The van der Waals surface area contributed by atoms with Gasteiger partial charge in [0.05, 0.1) is 5.39 Å². The van der Waals surface area contributed by atoms with Gasteiger partial charge in [-0.15, -0.1) is 11.3 Å². The zero-order valence-electron chi connectivity index (χ0n) is 10.2. The van der Waals surface area contributed by atoms with Crippen LogP contribution in [0.15, 0.2) is 16.2 Å². The molecule has 2 aromatic heterocycles. The molecule has 0 amide bonds. The van der Waals surface area contributed by atoms with Crippen LogP contribution in [0, 0.1) is 4.77 Å². The minimum absolute atomic E-state index is 0.0243. The molecule has 17 heavy (non-hydrogen) atoms. The summed E-state index contributed by atoms with van der Waals surface area (Å²) in [6, 6.07) is 1.86. The van der Waals surface area contributed by atoms with Crippen molar-refractivity contribution in [3.05, 3.63) is 26.6 Å². The van der Waals surface area contributed by atoms with E-state index in [1.807, 2.05) is 11.4 Å². The van der Waals surface area contributed by atoms with Crippen molar-refractivity contribution in [2.45, 2.75) is 39.2 Å². The van der Waals surface area contributed by atoms with E-state index < -0.39 is 0 Å². The fraction of sp³-hybridized carbons (Fsp3) is 0.500. The Morgan fingerprint density at radius 2 is 2.12 bits per heavy atom. The predicted octanol–water partition coefficient (Wildman–Crippen LogP) is 3.66. The van der Waals surface area contributed by atoms with Crippen LogP contribution in [0.4, 0.5) is 0 Å². The summed E-state index contributed by atoms with van der Waals surface area (Å²) in [6.45, 7) is 6.25. The maximum atomic E-state index is 12.5.